The number of carbonyl (C=O) groups is 1. The van der Waals surface area contributed by atoms with E-state index in [-0.39, 0.29) is 17.2 Å². The van der Waals surface area contributed by atoms with Crippen molar-refractivity contribution in [2.45, 2.75) is 18.8 Å². The average Bonchev–Trinajstić information content (AvgIpc) is 3.17. The third kappa shape index (κ3) is 3.83. The van der Waals surface area contributed by atoms with Crippen LogP contribution >= 0.6 is 0 Å². The standard InChI is InChI=1S/C17H21N5O5/c1-20(2)17-18-15(27-19-17)11-5-4-8-21(10-11)12-6-7-14(22(24)25)13(9-12)16(23)26-3/h6-7,9,11H,4-5,8,10H2,1-3H3/t11-/m1/s1. The molecule has 2 aromatic rings. The molecule has 2 heterocycles. The third-order valence-corrected chi connectivity index (χ3v) is 4.55. The summed E-state index contributed by atoms with van der Waals surface area (Å²) in [7, 11) is 4.88. The molecule has 1 aromatic heterocycles. The van der Waals surface area contributed by atoms with E-state index in [1.54, 1.807) is 11.0 Å². The van der Waals surface area contributed by atoms with Gasteiger partial charge in [-0.3, -0.25) is 10.1 Å². The van der Waals surface area contributed by atoms with Gasteiger partial charge in [-0.05, 0) is 30.1 Å². The Labute approximate surface area is 155 Å². The normalized spacial score (nSPS) is 16.9. The van der Waals surface area contributed by atoms with Crippen molar-refractivity contribution in [2.24, 2.45) is 0 Å². The lowest BCUT2D eigenvalue weighted by Gasteiger charge is -2.33. The maximum Gasteiger partial charge on any atom is 0.344 e. The Kier molecular flexibility index (Phi) is 5.24. The molecular weight excluding hydrogens is 354 g/mol. The van der Waals surface area contributed by atoms with Crippen molar-refractivity contribution >= 4 is 23.3 Å². The van der Waals surface area contributed by atoms with Gasteiger partial charge in [0.2, 0.25) is 5.89 Å². The molecule has 0 amide bonds. The Morgan fingerprint density at radius 1 is 1.44 bits per heavy atom. The number of nitrogens with zero attached hydrogens (tertiary/aromatic N) is 5. The number of nitro groups is 1. The molecule has 0 aliphatic carbocycles. The summed E-state index contributed by atoms with van der Waals surface area (Å²) in [6.45, 7) is 1.39. The Bertz CT molecular complexity index is 850. The van der Waals surface area contributed by atoms with Crippen LogP contribution in [-0.4, -0.2) is 55.3 Å². The number of aromatic nitrogens is 2. The molecule has 27 heavy (non-hydrogen) atoms. The smallest absolute Gasteiger partial charge is 0.344 e. The fourth-order valence-corrected chi connectivity index (χ4v) is 3.14. The highest BCUT2D eigenvalue weighted by Crippen LogP contribution is 2.32. The molecule has 0 bridgehead atoms. The molecule has 1 aliphatic heterocycles. The Morgan fingerprint density at radius 3 is 2.85 bits per heavy atom. The zero-order chi connectivity index (χ0) is 19.6. The zero-order valence-electron chi connectivity index (χ0n) is 15.4. The van der Waals surface area contributed by atoms with Crippen LogP contribution in [0.2, 0.25) is 0 Å². The minimum absolute atomic E-state index is 0.0525. The van der Waals surface area contributed by atoms with Gasteiger partial charge >= 0.3 is 5.97 Å². The summed E-state index contributed by atoms with van der Waals surface area (Å²) < 4.78 is 10.1. The predicted octanol–water partition coefficient (Wildman–Crippen LogP) is 2.21. The third-order valence-electron chi connectivity index (χ3n) is 4.55. The number of piperidine rings is 1. The average molecular weight is 375 g/mol. The van der Waals surface area contributed by atoms with Crippen molar-refractivity contribution < 1.29 is 19.0 Å². The van der Waals surface area contributed by atoms with Crippen LogP contribution in [0.25, 0.3) is 0 Å². The first kappa shape index (κ1) is 18.6. The van der Waals surface area contributed by atoms with Crippen LogP contribution in [0.4, 0.5) is 17.3 Å². The van der Waals surface area contributed by atoms with Gasteiger partial charge in [0, 0.05) is 38.9 Å². The highest BCUT2D eigenvalue weighted by Gasteiger charge is 2.28. The summed E-state index contributed by atoms with van der Waals surface area (Å²) in [5, 5.41) is 15.1. The van der Waals surface area contributed by atoms with E-state index < -0.39 is 10.9 Å². The van der Waals surface area contributed by atoms with Gasteiger partial charge in [-0.2, -0.15) is 4.98 Å². The molecule has 1 fully saturated rings. The summed E-state index contributed by atoms with van der Waals surface area (Å²) >= 11 is 0. The Morgan fingerprint density at radius 2 is 2.22 bits per heavy atom. The zero-order valence-corrected chi connectivity index (χ0v) is 15.4. The van der Waals surface area contributed by atoms with Crippen molar-refractivity contribution in [1.29, 1.82) is 0 Å². The minimum Gasteiger partial charge on any atom is -0.465 e. The summed E-state index contributed by atoms with van der Waals surface area (Å²) in [5.74, 6) is 0.408. The molecule has 0 spiro atoms. The number of hydrogen-bond donors (Lipinski definition) is 0. The Balaban J connectivity index is 1.85. The highest BCUT2D eigenvalue weighted by atomic mass is 16.6. The molecule has 1 saturated heterocycles. The van der Waals surface area contributed by atoms with E-state index >= 15 is 0 Å². The van der Waals surface area contributed by atoms with Gasteiger partial charge < -0.3 is 19.1 Å². The number of esters is 1. The van der Waals surface area contributed by atoms with E-state index in [4.69, 9.17) is 4.52 Å². The number of nitro benzene ring substituents is 1. The molecule has 1 atom stereocenters. The van der Waals surface area contributed by atoms with Crippen LogP contribution < -0.4 is 9.80 Å². The van der Waals surface area contributed by atoms with Crippen LogP contribution in [0.1, 0.15) is 35.0 Å². The molecule has 3 rings (SSSR count). The van der Waals surface area contributed by atoms with Gasteiger partial charge in [0.1, 0.15) is 5.56 Å². The maximum atomic E-state index is 11.9. The molecule has 144 valence electrons. The summed E-state index contributed by atoms with van der Waals surface area (Å²) in [6, 6.07) is 4.49. The number of rotatable bonds is 5. The quantitative estimate of drug-likeness (QED) is 0.440. The van der Waals surface area contributed by atoms with E-state index in [9.17, 15) is 14.9 Å². The van der Waals surface area contributed by atoms with Crippen LogP contribution in [0, 0.1) is 10.1 Å². The molecule has 10 heteroatoms. The number of ether oxygens (including phenoxy) is 1. The van der Waals surface area contributed by atoms with E-state index in [1.165, 1.54) is 19.2 Å². The highest BCUT2D eigenvalue weighted by molar-refractivity contribution is 5.95. The summed E-state index contributed by atoms with van der Waals surface area (Å²) in [6.07, 6.45) is 1.80. The van der Waals surface area contributed by atoms with Crippen molar-refractivity contribution in [3.8, 4) is 0 Å². The first-order chi connectivity index (χ1) is 12.9. The summed E-state index contributed by atoms with van der Waals surface area (Å²) in [4.78, 5) is 30.8. The predicted molar refractivity (Wildman–Crippen MR) is 97.2 cm³/mol. The van der Waals surface area contributed by atoms with Crippen molar-refractivity contribution in [1.82, 2.24) is 10.1 Å². The van der Waals surface area contributed by atoms with Gasteiger partial charge in [-0.25, -0.2) is 4.79 Å². The van der Waals surface area contributed by atoms with E-state index in [0.29, 0.717) is 18.4 Å². The second-order valence-electron chi connectivity index (χ2n) is 6.56. The fourth-order valence-electron chi connectivity index (χ4n) is 3.14. The van der Waals surface area contributed by atoms with E-state index in [0.717, 1.165) is 25.1 Å². The lowest BCUT2D eigenvalue weighted by molar-refractivity contribution is -0.385. The number of benzene rings is 1. The summed E-state index contributed by atoms with van der Waals surface area (Å²) in [5.41, 5.74) is 0.388. The molecule has 10 nitrogen and oxygen atoms in total. The van der Waals surface area contributed by atoms with Crippen molar-refractivity contribution in [2.75, 3.05) is 44.1 Å². The minimum atomic E-state index is -0.732. The molecule has 0 unspecified atom stereocenters. The van der Waals surface area contributed by atoms with E-state index in [1.807, 2.05) is 14.1 Å². The topological polar surface area (TPSA) is 115 Å². The molecule has 0 radical (unpaired) electrons. The number of carbonyl (C=O) groups excluding carboxylic acids is 1. The van der Waals surface area contributed by atoms with Crippen molar-refractivity contribution in [3.05, 3.63) is 39.8 Å². The first-order valence-electron chi connectivity index (χ1n) is 8.53. The van der Waals surface area contributed by atoms with Crippen LogP contribution in [0.15, 0.2) is 22.7 Å². The van der Waals surface area contributed by atoms with Gasteiger partial charge in [0.25, 0.3) is 11.6 Å². The largest absolute Gasteiger partial charge is 0.465 e. The number of anilines is 2. The first-order valence-corrected chi connectivity index (χ1v) is 8.53. The fraction of sp³-hybridized carbons (Fsp3) is 0.471. The lowest BCUT2D eigenvalue weighted by Crippen LogP contribution is -2.34. The van der Waals surface area contributed by atoms with Crippen molar-refractivity contribution in [3.63, 3.8) is 0 Å². The molecule has 0 saturated carbocycles. The van der Waals surface area contributed by atoms with Crippen LogP contribution in [-0.2, 0) is 4.74 Å². The van der Waals surface area contributed by atoms with Crippen LogP contribution in [0.3, 0.4) is 0 Å². The van der Waals surface area contributed by atoms with E-state index in [2.05, 4.69) is 19.8 Å². The van der Waals surface area contributed by atoms with Gasteiger partial charge in [-0.1, -0.05) is 0 Å². The van der Waals surface area contributed by atoms with Crippen LogP contribution in [0.5, 0.6) is 0 Å². The lowest BCUT2D eigenvalue weighted by atomic mass is 9.97. The van der Waals surface area contributed by atoms with Gasteiger partial charge in [0.15, 0.2) is 0 Å². The Hall–Kier alpha value is -3.17. The monoisotopic (exact) mass is 375 g/mol. The maximum absolute atomic E-state index is 11.9. The number of methoxy groups -OCH3 is 1. The second-order valence-corrected chi connectivity index (χ2v) is 6.56. The molecule has 1 aliphatic rings. The molecular formula is C17H21N5O5. The number of hydrogen-bond acceptors (Lipinski definition) is 9. The SMILES string of the molecule is COC(=O)c1cc(N2CCC[C@@H](c3nc(N(C)C)no3)C2)ccc1[N+](=O)[O-]. The second kappa shape index (κ2) is 7.60. The molecule has 0 N–H and O–H groups in total. The van der Waals surface area contributed by atoms with Gasteiger partial charge in [0.05, 0.1) is 18.0 Å². The van der Waals surface area contributed by atoms with Gasteiger partial charge in [-0.15, -0.1) is 0 Å². The molecule has 1 aromatic carbocycles.